The number of rotatable bonds is 3. The van der Waals surface area contributed by atoms with Crippen LogP contribution in [0.2, 0.25) is 0 Å². The summed E-state index contributed by atoms with van der Waals surface area (Å²) < 4.78 is 7.00. The van der Waals surface area contributed by atoms with Gasteiger partial charge < -0.3 is 9.30 Å². The Morgan fingerprint density at radius 2 is 2.18 bits per heavy atom. The van der Waals surface area contributed by atoms with E-state index in [0.717, 1.165) is 23.2 Å². The number of imidazole rings is 1. The van der Waals surface area contributed by atoms with Gasteiger partial charge in [0.25, 0.3) is 0 Å². The molecule has 2 rings (SSSR count). The second kappa shape index (κ2) is 4.41. The van der Waals surface area contributed by atoms with Gasteiger partial charge in [-0.3, -0.25) is 4.79 Å². The van der Waals surface area contributed by atoms with E-state index in [1.807, 2.05) is 25.1 Å². The second-order valence-electron chi connectivity index (χ2n) is 3.91. The maximum Gasteiger partial charge on any atom is 0.168 e. The van der Waals surface area contributed by atoms with Gasteiger partial charge in [0.05, 0.1) is 13.4 Å². The van der Waals surface area contributed by atoms with E-state index < -0.39 is 0 Å². The van der Waals surface area contributed by atoms with Crippen LogP contribution in [0.5, 0.6) is 5.75 Å². The van der Waals surface area contributed by atoms with Gasteiger partial charge in [0.15, 0.2) is 6.29 Å². The van der Waals surface area contributed by atoms with Gasteiger partial charge in [0.1, 0.15) is 17.1 Å². The zero-order valence-electron chi connectivity index (χ0n) is 10.1. The summed E-state index contributed by atoms with van der Waals surface area (Å²) in [6.45, 7) is 1.99. The molecule has 2 aromatic rings. The number of ether oxygens (including phenoxy) is 1. The number of aldehydes is 1. The molecule has 0 radical (unpaired) electrons. The van der Waals surface area contributed by atoms with Crippen LogP contribution in [-0.2, 0) is 7.05 Å². The lowest BCUT2D eigenvalue weighted by Crippen LogP contribution is -1.96. The van der Waals surface area contributed by atoms with Crippen molar-refractivity contribution in [3.05, 3.63) is 35.8 Å². The fourth-order valence-corrected chi connectivity index (χ4v) is 1.79. The van der Waals surface area contributed by atoms with Crippen molar-refractivity contribution in [2.45, 2.75) is 6.92 Å². The normalized spacial score (nSPS) is 10.3. The van der Waals surface area contributed by atoms with E-state index in [0.29, 0.717) is 11.4 Å². The minimum absolute atomic E-state index is 0.550. The Kier molecular flexibility index (Phi) is 2.95. The zero-order valence-corrected chi connectivity index (χ0v) is 10.1. The molecular weight excluding hydrogens is 216 g/mol. The highest BCUT2D eigenvalue weighted by Gasteiger charge is 2.14. The molecule has 0 N–H and O–H groups in total. The molecule has 0 fully saturated rings. The van der Waals surface area contributed by atoms with Crippen molar-refractivity contribution in [1.82, 2.24) is 9.55 Å². The Morgan fingerprint density at radius 1 is 1.41 bits per heavy atom. The molecular formula is C13H14N2O2. The Morgan fingerprint density at radius 3 is 2.82 bits per heavy atom. The summed E-state index contributed by atoms with van der Waals surface area (Å²) in [5.41, 5.74) is 3.15. The summed E-state index contributed by atoms with van der Waals surface area (Å²) in [4.78, 5) is 15.3. The van der Waals surface area contributed by atoms with Crippen molar-refractivity contribution in [3.63, 3.8) is 0 Å². The largest absolute Gasteiger partial charge is 0.496 e. The van der Waals surface area contributed by atoms with Crippen LogP contribution in [0.1, 0.15) is 16.1 Å². The van der Waals surface area contributed by atoms with E-state index in [4.69, 9.17) is 4.74 Å². The van der Waals surface area contributed by atoms with Crippen molar-refractivity contribution in [3.8, 4) is 17.0 Å². The summed E-state index contributed by atoms with van der Waals surface area (Å²) in [5, 5.41) is 0. The molecule has 1 heterocycles. The Labute approximate surface area is 99.9 Å². The molecule has 0 saturated carbocycles. The van der Waals surface area contributed by atoms with Gasteiger partial charge in [-0.2, -0.15) is 0 Å². The molecule has 0 atom stereocenters. The summed E-state index contributed by atoms with van der Waals surface area (Å²) >= 11 is 0. The highest BCUT2D eigenvalue weighted by Crippen LogP contribution is 2.31. The van der Waals surface area contributed by atoms with Crippen LogP contribution in [0.3, 0.4) is 0 Å². The van der Waals surface area contributed by atoms with Crippen LogP contribution in [0.15, 0.2) is 24.5 Å². The minimum Gasteiger partial charge on any atom is -0.496 e. The van der Waals surface area contributed by atoms with E-state index in [1.165, 1.54) is 0 Å². The number of aryl methyl sites for hydroxylation is 2. The molecule has 4 heteroatoms. The first-order chi connectivity index (χ1) is 8.17. The average Bonchev–Trinajstić information content (AvgIpc) is 2.70. The van der Waals surface area contributed by atoms with Crippen LogP contribution in [-0.4, -0.2) is 22.9 Å². The number of methoxy groups -OCH3 is 1. The topological polar surface area (TPSA) is 44.1 Å². The van der Waals surface area contributed by atoms with Crippen LogP contribution in [0, 0.1) is 6.92 Å². The van der Waals surface area contributed by atoms with Gasteiger partial charge >= 0.3 is 0 Å². The van der Waals surface area contributed by atoms with E-state index >= 15 is 0 Å². The SMILES string of the molecule is COc1ccc(C)cc1-c1ncn(C)c1C=O. The van der Waals surface area contributed by atoms with Gasteiger partial charge in [-0.1, -0.05) is 11.6 Å². The number of hydrogen-bond acceptors (Lipinski definition) is 3. The van der Waals surface area contributed by atoms with E-state index in [9.17, 15) is 4.79 Å². The summed E-state index contributed by atoms with van der Waals surface area (Å²) in [6.07, 6.45) is 2.44. The standard InChI is InChI=1S/C13H14N2O2/c1-9-4-5-12(17-3)10(6-9)13-11(7-16)15(2)8-14-13/h4-8H,1-3H3. The molecule has 0 saturated heterocycles. The Bertz CT molecular complexity index is 559. The highest BCUT2D eigenvalue weighted by molar-refractivity contribution is 5.85. The van der Waals surface area contributed by atoms with E-state index in [-0.39, 0.29) is 0 Å². The second-order valence-corrected chi connectivity index (χ2v) is 3.91. The Balaban J connectivity index is 2.66. The molecule has 0 aliphatic rings. The van der Waals surface area contributed by atoms with E-state index in [2.05, 4.69) is 4.98 Å². The first-order valence-corrected chi connectivity index (χ1v) is 5.29. The summed E-state index contributed by atoms with van der Waals surface area (Å²) in [5.74, 6) is 0.720. The molecule has 1 aromatic heterocycles. The number of hydrogen-bond donors (Lipinski definition) is 0. The third-order valence-electron chi connectivity index (χ3n) is 2.70. The van der Waals surface area contributed by atoms with Crippen LogP contribution >= 0.6 is 0 Å². The maximum absolute atomic E-state index is 11.1. The first kappa shape index (κ1) is 11.4. The van der Waals surface area contributed by atoms with Crippen molar-refractivity contribution >= 4 is 6.29 Å². The predicted molar refractivity (Wildman–Crippen MR) is 65.3 cm³/mol. The number of carbonyl (C=O) groups excluding carboxylic acids is 1. The zero-order chi connectivity index (χ0) is 12.4. The van der Waals surface area contributed by atoms with Crippen LogP contribution < -0.4 is 4.74 Å². The first-order valence-electron chi connectivity index (χ1n) is 5.29. The molecule has 4 nitrogen and oxygen atoms in total. The third-order valence-corrected chi connectivity index (χ3v) is 2.70. The van der Waals surface area contributed by atoms with Gasteiger partial charge in [-0.15, -0.1) is 0 Å². The van der Waals surface area contributed by atoms with Gasteiger partial charge in [0.2, 0.25) is 0 Å². The summed E-state index contributed by atoms with van der Waals surface area (Å²) in [6, 6.07) is 5.81. The molecule has 0 aliphatic heterocycles. The third kappa shape index (κ3) is 1.93. The molecule has 0 amide bonds. The lowest BCUT2D eigenvalue weighted by atomic mass is 10.1. The number of nitrogens with zero attached hydrogens (tertiary/aromatic N) is 2. The number of carbonyl (C=O) groups is 1. The molecule has 17 heavy (non-hydrogen) atoms. The highest BCUT2D eigenvalue weighted by atomic mass is 16.5. The van der Waals surface area contributed by atoms with Crippen molar-refractivity contribution < 1.29 is 9.53 Å². The maximum atomic E-state index is 11.1. The van der Waals surface area contributed by atoms with Crippen LogP contribution in [0.4, 0.5) is 0 Å². The monoisotopic (exact) mass is 230 g/mol. The molecule has 1 aromatic carbocycles. The van der Waals surface area contributed by atoms with Crippen molar-refractivity contribution in [2.24, 2.45) is 7.05 Å². The fraction of sp³-hybridized carbons (Fsp3) is 0.231. The van der Waals surface area contributed by atoms with Crippen LogP contribution in [0.25, 0.3) is 11.3 Å². The molecule has 0 bridgehead atoms. The lowest BCUT2D eigenvalue weighted by Gasteiger charge is -2.08. The van der Waals surface area contributed by atoms with Gasteiger partial charge in [-0.05, 0) is 19.1 Å². The molecule has 0 spiro atoms. The van der Waals surface area contributed by atoms with Crippen molar-refractivity contribution in [2.75, 3.05) is 7.11 Å². The van der Waals surface area contributed by atoms with Gasteiger partial charge in [0, 0.05) is 12.6 Å². The summed E-state index contributed by atoms with van der Waals surface area (Å²) in [7, 11) is 3.40. The average molecular weight is 230 g/mol. The molecule has 0 unspecified atom stereocenters. The minimum atomic E-state index is 0.550. The lowest BCUT2D eigenvalue weighted by molar-refractivity contribution is 0.111. The number of aromatic nitrogens is 2. The predicted octanol–water partition coefficient (Wildman–Crippen LogP) is 2.22. The number of benzene rings is 1. The quantitative estimate of drug-likeness (QED) is 0.759. The fourth-order valence-electron chi connectivity index (χ4n) is 1.79. The molecule has 0 aliphatic carbocycles. The Hall–Kier alpha value is -2.10. The molecule has 88 valence electrons. The van der Waals surface area contributed by atoms with Crippen molar-refractivity contribution in [1.29, 1.82) is 0 Å². The van der Waals surface area contributed by atoms with Gasteiger partial charge in [-0.25, -0.2) is 4.98 Å². The van der Waals surface area contributed by atoms with E-state index in [1.54, 1.807) is 25.1 Å². The smallest absolute Gasteiger partial charge is 0.168 e.